The van der Waals surface area contributed by atoms with Gasteiger partial charge in [-0.25, -0.2) is 9.37 Å². The molecule has 1 N–H and O–H groups in total. The van der Waals surface area contributed by atoms with Gasteiger partial charge in [0.05, 0.1) is 23.7 Å². The number of hydrogen-bond donors (Lipinski definition) is 1. The number of benzene rings is 1. The van der Waals surface area contributed by atoms with E-state index in [4.69, 9.17) is 9.72 Å². The fourth-order valence-corrected chi connectivity index (χ4v) is 5.24. The van der Waals surface area contributed by atoms with E-state index in [0.717, 1.165) is 63.1 Å². The van der Waals surface area contributed by atoms with Crippen molar-refractivity contribution in [2.24, 2.45) is 0 Å². The number of H-pyrrole nitrogens is 1. The van der Waals surface area contributed by atoms with Crippen LogP contribution in [-0.2, 0) is 28.9 Å². The van der Waals surface area contributed by atoms with Crippen LogP contribution in [0.1, 0.15) is 54.4 Å². The van der Waals surface area contributed by atoms with E-state index in [0.29, 0.717) is 30.5 Å². The summed E-state index contributed by atoms with van der Waals surface area (Å²) in [5.74, 6) is 0.0577. The van der Waals surface area contributed by atoms with Crippen LogP contribution in [0.3, 0.4) is 0 Å². The zero-order chi connectivity index (χ0) is 22.1. The minimum Gasteiger partial charge on any atom is -0.381 e. The molecule has 0 spiro atoms. The number of carbonyl (C=O) groups excluding carboxylic acids is 1. The Labute approximate surface area is 186 Å². The van der Waals surface area contributed by atoms with Gasteiger partial charge >= 0.3 is 0 Å². The van der Waals surface area contributed by atoms with Gasteiger partial charge in [-0.15, -0.1) is 0 Å². The minimum atomic E-state index is -0.369. The van der Waals surface area contributed by atoms with Crippen LogP contribution < -0.4 is 5.56 Å². The summed E-state index contributed by atoms with van der Waals surface area (Å²) in [6.07, 6.45) is 4.34. The smallest absolute Gasteiger partial charge is 0.255 e. The number of nitrogens with zero attached hydrogens (tertiary/aromatic N) is 3. The number of carbonyl (C=O) groups is 1. The minimum absolute atomic E-state index is 0.0123. The summed E-state index contributed by atoms with van der Waals surface area (Å²) < 4.78 is 19.5. The highest BCUT2D eigenvalue weighted by Crippen LogP contribution is 2.31. The van der Waals surface area contributed by atoms with Crippen LogP contribution in [0.4, 0.5) is 4.39 Å². The van der Waals surface area contributed by atoms with E-state index in [9.17, 15) is 14.0 Å². The molecule has 4 heterocycles. The van der Waals surface area contributed by atoms with Gasteiger partial charge in [-0.1, -0.05) is 18.2 Å². The van der Waals surface area contributed by atoms with E-state index in [1.807, 2.05) is 0 Å². The molecule has 1 unspecified atom stereocenters. The number of halogens is 1. The van der Waals surface area contributed by atoms with Crippen molar-refractivity contribution in [3.63, 3.8) is 0 Å². The molecule has 0 bridgehead atoms. The summed E-state index contributed by atoms with van der Waals surface area (Å²) >= 11 is 0. The van der Waals surface area contributed by atoms with Gasteiger partial charge in [0.1, 0.15) is 11.6 Å². The number of hydrogen-bond acceptors (Lipinski definition) is 5. The predicted octanol–water partition coefficient (Wildman–Crippen LogP) is 2.35. The topological polar surface area (TPSA) is 78.5 Å². The third-order valence-corrected chi connectivity index (χ3v) is 7.01. The molecule has 2 fully saturated rings. The van der Waals surface area contributed by atoms with Gasteiger partial charge in [0.2, 0.25) is 5.91 Å². The van der Waals surface area contributed by atoms with E-state index < -0.39 is 0 Å². The largest absolute Gasteiger partial charge is 0.381 e. The second kappa shape index (κ2) is 9.11. The van der Waals surface area contributed by atoms with Crippen molar-refractivity contribution in [2.75, 3.05) is 26.3 Å². The summed E-state index contributed by atoms with van der Waals surface area (Å²) in [5, 5.41) is 0. The molecular weight excluding hydrogens is 411 g/mol. The lowest BCUT2D eigenvalue weighted by Gasteiger charge is -2.37. The SMILES string of the molecule is O=C(Cc1ccccc1F)N1CCCC1c1nc2c(c(=O)[nH]1)CN(C1CCOCC1)CC2. The third-order valence-electron chi connectivity index (χ3n) is 7.01. The molecule has 170 valence electrons. The fraction of sp³-hybridized carbons (Fsp3) is 0.542. The van der Waals surface area contributed by atoms with Gasteiger partial charge in [0, 0.05) is 45.3 Å². The molecule has 2 aromatic rings. The molecule has 7 nitrogen and oxygen atoms in total. The number of aromatic amines is 1. The second-order valence-corrected chi connectivity index (χ2v) is 8.95. The number of amides is 1. The maximum Gasteiger partial charge on any atom is 0.255 e. The maximum atomic E-state index is 14.0. The molecule has 0 radical (unpaired) electrons. The van der Waals surface area contributed by atoms with Crippen molar-refractivity contribution in [3.05, 3.63) is 63.1 Å². The molecule has 3 aliphatic heterocycles. The number of rotatable bonds is 4. The van der Waals surface area contributed by atoms with Crippen molar-refractivity contribution in [1.82, 2.24) is 19.8 Å². The number of nitrogens with one attached hydrogen (secondary N) is 1. The molecule has 1 amide bonds. The normalized spacial score (nSPS) is 22.2. The van der Waals surface area contributed by atoms with Crippen molar-refractivity contribution in [1.29, 1.82) is 0 Å². The molecule has 32 heavy (non-hydrogen) atoms. The van der Waals surface area contributed by atoms with Gasteiger partial charge in [0.25, 0.3) is 5.56 Å². The Balaban J connectivity index is 1.33. The first kappa shape index (κ1) is 21.3. The number of likely N-dealkylation sites (tertiary alicyclic amines) is 1. The molecule has 0 aliphatic carbocycles. The Morgan fingerprint density at radius 1 is 1.19 bits per heavy atom. The third kappa shape index (κ3) is 4.21. The molecule has 1 aromatic carbocycles. The highest BCUT2D eigenvalue weighted by molar-refractivity contribution is 5.79. The zero-order valence-corrected chi connectivity index (χ0v) is 18.2. The summed E-state index contributed by atoms with van der Waals surface area (Å²) in [5.41, 5.74) is 1.88. The van der Waals surface area contributed by atoms with Crippen molar-refractivity contribution >= 4 is 5.91 Å². The fourth-order valence-electron chi connectivity index (χ4n) is 5.24. The molecule has 0 saturated carbocycles. The van der Waals surface area contributed by atoms with Crippen LogP contribution in [0.25, 0.3) is 0 Å². The maximum absolute atomic E-state index is 14.0. The van der Waals surface area contributed by atoms with E-state index in [1.165, 1.54) is 6.07 Å². The lowest BCUT2D eigenvalue weighted by molar-refractivity contribution is -0.131. The van der Waals surface area contributed by atoms with Crippen molar-refractivity contribution in [3.8, 4) is 0 Å². The molecule has 8 heteroatoms. The Kier molecular flexibility index (Phi) is 6.06. The quantitative estimate of drug-likeness (QED) is 0.790. The average molecular weight is 441 g/mol. The lowest BCUT2D eigenvalue weighted by Crippen LogP contribution is -2.44. The molecular formula is C24H29FN4O3. The van der Waals surface area contributed by atoms with Crippen LogP contribution in [0.2, 0.25) is 0 Å². The summed E-state index contributed by atoms with van der Waals surface area (Å²) in [7, 11) is 0. The average Bonchev–Trinajstić information content (AvgIpc) is 3.31. The Bertz CT molecular complexity index is 1050. The van der Waals surface area contributed by atoms with Gasteiger partial charge in [-0.05, 0) is 37.3 Å². The monoisotopic (exact) mass is 440 g/mol. The summed E-state index contributed by atoms with van der Waals surface area (Å²) in [4.78, 5) is 37.9. The van der Waals surface area contributed by atoms with E-state index in [-0.39, 0.29) is 29.7 Å². The zero-order valence-electron chi connectivity index (χ0n) is 18.2. The summed E-state index contributed by atoms with van der Waals surface area (Å²) in [6, 6.07) is 6.56. The standard InChI is InChI=1S/C24H29FN4O3/c25-19-5-2-1-4-16(19)14-22(30)29-10-3-6-21(29)23-26-20-7-11-28(15-18(20)24(31)27-23)17-8-12-32-13-9-17/h1-2,4-5,17,21H,3,6-15H2,(H,26,27,31). The number of aromatic nitrogens is 2. The Morgan fingerprint density at radius 2 is 2.00 bits per heavy atom. The first-order chi connectivity index (χ1) is 15.6. The highest BCUT2D eigenvalue weighted by Gasteiger charge is 2.34. The predicted molar refractivity (Wildman–Crippen MR) is 117 cm³/mol. The van der Waals surface area contributed by atoms with Gasteiger partial charge in [0.15, 0.2) is 0 Å². The van der Waals surface area contributed by atoms with Crippen molar-refractivity contribution < 1.29 is 13.9 Å². The van der Waals surface area contributed by atoms with Crippen LogP contribution in [0, 0.1) is 5.82 Å². The summed E-state index contributed by atoms with van der Waals surface area (Å²) in [6.45, 7) is 3.65. The van der Waals surface area contributed by atoms with E-state index >= 15 is 0 Å². The van der Waals surface area contributed by atoms with Crippen LogP contribution in [0.15, 0.2) is 29.1 Å². The Hall–Kier alpha value is -2.58. The lowest BCUT2D eigenvalue weighted by atomic mass is 10.0. The molecule has 3 aliphatic rings. The molecule has 5 rings (SSSR count). The molecule has 1 aromatic heterocycles. The number of ether oxygens (including phenoxy) is 1. The van der Waals surface area contributed by atoms with Crippen LogP contribution in [0.5, 0.6) is 0 Å². The van der Waals surface area contributed by atoms with Gasteiger partial charge in [-0.2, -0.15) is 0 Å². The van der Waals surface area contributed by atoms with E-state index in [1.54, 1.807) is 23.1 Å². The molecule has 1 atom stereocenters. The highest BCUT2D eigenvalue weighted by atomic mass is 19.1. The first-order valence-corrected chi connectivity index (χ1v) is 11.6. The van der Waals surface area contributed by atoms with Crippen LogP contribution >= 0.6 is 0 Å². The molecule has 2 saturated heterocycles. The van der Waals surface area contributed by atoms with Crippen LogP contribution in [-0.4, -0.2) is 58.0 Å². The van der Waals surface area contributed by atoms with Crippen molar-refractivity contribution in [2.45, 2.75) is 57.2 Å². The van der Waals surface area contributed by atoms with Gasteiger partial charge < -0.3 is 14.6 Å². The second-order valence-electron chi connectivity index (χ2n) is 8.95. The first-order valence-electron chi connectivity index (χ1n) is 11.6. The van der Waals surface area contributed by atoms with Gasteiger partial charge in [-0.3, -0.25) is 14.5 Å². The Morgan fingerprint density at radius 3 is 2.81 bits per heavy atom. The number of fused-ring (bicyclic) bond motifs is 1. The van der Waals surface area contributed by atoms with E-state index in [2.05, 4.69) is 9.88 Å².